The fraction of sp³-hybridized carbons (Fsp3) is 0.333. The monoisotopic (exact) mass is 640 g/mol. The van der Waals surface area contributed by atoms with Gasteiger partial charge in [-0.25, -0.2) is 4.79 Å². The fourth-order valence-corrected chi connectivity index (χ4v) is 5.59. The molecule has 4 rings (SSSR count). The molecule has 3 N–H and O–H groups in total. The van der Waals surface area contributed by atoms with Crippen LogP contribution in [0, 0.1) is 11.3 Å². The van der Waals surface area contributed by atoms with E-state index in [4.69, 9.17) is 11.6 Å². The summed E-state index contributed by atoms with van der Waals surface area (Å²) in [5.74, 6) is -2.44. The molecule has 1 heterocycles. The molecule has 12 heteroatoms. The van der Waals surface area contributed by atoms with Crippen molar-refractivity contribution < 1.29 is 32.7 Å². The highest BCUT2D eigenvalue weighted by molar-refractivity contribution is 6.33. The molecule has 1 saturated heterocycles. The van der Waals surface area contributed by atoms with E-state index in [1.807, 2.05) is 37.3 Å². The van der Waals surface area contributed by atoms with Crippen LogP contribution in [0.2, 0.25) is 5.02 Å². The molecule has 0 unspecified atom stereocenters. The van der Waals surface area contributed by atoms with E-state index in [2.05, 4.69) is 16.7 Å². The first kappa shape index (κ1) is 33.5. The summed E-state index contributed by atoms with van der Waals surface area (Å²) in [6.07, 6.45) is -4.16. The van der Waals surface area contributed by atoms with E-state index in [9.17, 15) is 37.9 Å². The molecule has 0 aromatic heterocycles. The number of hydrogen-bond donors (Lipinski definition) is 3. The molecule has 0 saturated carbocycles. The molecule has 0 spiro atoms. The molecule has 45 heavy (non-hydrogen) atoms. The van der Waals surface area contributed by atoms with Crippen molar-refractivity contribution in [3.05, 3.63) is 94.5 Å². The number of nitriles is 1. The van der Waals surface area contributed by atoms with Crippen molar-refractivity contribution in [3.8, 4) is 17.2 Å². The van der Waals surface area contributed by atoms with Gasteiger partial charge in [-0.2, -0.15) is 18.4 Å². The zero-order valence-electron chi connectivity index (χ0n) is 24.4. The normalized spacial score (nSPS) is 16.2. The highest BCUT2D eigenvalue weighted by Gasteiger charge is 2.41. The van der Waals surface area contributed by atoms with Gasteiger partial charge in [-0.1, -0.05) is 61.0 Å². The summed E-state index contributed by atoms with van der Waals surface area (Å²) in [6, 6.07) is 21.0. The number of carboxylic acid groups (broad SMARTS) is 1. The molecule has 1 aliphatic rings. The van der Waals surface area contributed by atoms with Gasteiger partial charge in [0.25, 0.3) is 5.91 Å². The van der Waals surface area contributed by atoms with Crippen LogP contribution in [0.4, 0.5) is 13.2 Å². The zero-order valence-corrected chi connectivity index (χ0v) is 25.2. The van der Waals surface area contributed by atoms with Crippen LogP contribution >= 0.6 is 11.6 Å². The number of aromatic carboxylic acids is 1. The zero-order chi connectivity index (χ0) is 32.8. The van der Waals surface area contributed by atoms with Crippen LogP contribution < -0.4 is 10.6 Å². The van der Waals surface area contributed by atoms with Gasteiger partial charge in [0.05, 0.1) is 18.2 Å². The van der Waals surface area contributed by atoms with E-state index >= 15 is 0 Å². The molecule has 0 aliphatic carbocycles. The van der Waals surface area contributed by atoms with Crippen molar-refractivity contribution in [1.29, 1.82) is 5.26 Å². The minimum Gasteiger partial charge on any atom is -0.478 e. The van der Waals surface area contributed by atoms with Gasteiger partial charge < -0.3 is 15.7 Å². The number of halogens is 4. The first-order chi connectivity index (χ1) is 21.3. The average molecular weight is 641 g/mol. The molecule has 1 aliphatic heterocycles. The second-order valence-electron chi connectivity index (χ2n) is 11.2. The maximum absolute atomic E-state index is 13.6. The van der Waals surface area contributed by atoms with Gasteiger partial charge >= 0.3 is 12.1 Å². The number of rotatable bonds is 10. The van der Waals surface area contributed by atoms with Crippen LogP contribution in [0.25, 0.3) is 11.1 Å². The summed E-state index contributed by atoms with van der Waals surface area (Å²) < 4.78 is 38.6. The second-order valence-corrected chi connectivity index (χ2v) is 11.6. The van der Waals surface area contributed by atoms with Crippen LogP contribution in [0.1, 0.15) is 58.4 Å². The first-order valence-corrected chi connectivity index (χ1v) is 14.7. The Bertz CT molecular complexity index is 1570. The lowest BCUT2D eigenvalue weighted by Crippen LogP contribution is -2.59. The number of carbonyl (C=O) groups excluding carboxylic acids is 2. The van der Waals surface area contributed by atoms with E-state index in [0.717, 1.165) is 5.56 Å². The van der Waals surface area contributed by atoms with Crippen LogP contribution in [-0.2, 0) is 4.79 Å². The molecule has 2 atom stereocenters. The van der Waals surface area contributed by atoms with Crippen LogP contribution in [0.5, 0.6) is 0 Å². The lowest BCUT2D eigenvalue weighted by Gasteiger charge is -2.38. The number of amides is 2. The third kappa shape index (κ3) is 8.84. The molecular formula is C33H32ClF3N4O4. The van der Waals surface area contributed by atoms with Crippen molar-refractivity contribution in [1.82, 2.24) is 15.5 Å². The van der Waals surface area contributed by atoms with Gasteiger partial charge in [-0.3, -0.25) is 14.5 Å². The third-order valence-corrected chi connectivity index (χ3v) is 8.27. The number of nitrogens with one attached hydrogen (secondary N) is 2. The summed E-state index contributed by atoms with van der Waals surface area (Å²) in [5, 5.41) is 25.1. The molecule has 3 aromatic rings. The molecule has 236 valence electrons. The lowest BCUT2D eigenvalue weighted by atomic mass is 9.87. The van der Waals surface area contributed by atoms with Crippen molar-refractivity contribution in [2.75, 3.05) is 19.6 Å². The second kappa shape index (κ2) is 14.1. The molecule has 2 amide bonds. The van der Waals surface area contributed by atoms with Crippen LogP contribution in [0.3, 0.4) is 0 Å². The molecule has 3 aromatic carbocycles. The number of piperidine rings is 1. The maximum atomic E-state index is 13.6. The van der Waals surface area contributed by atoms with Gasteiger partial charge in [-0.05, 0) is 66.6 Å². The van der Waals surface area contributed by atoms with Crippen LogP contribution in [0.15, 0.2) is 72.8 Å². The van der Waals surface area contributed by atoms with Crippen LogP contribution in [-0.4, -0.2) is 65.2 Å². The quantitative estimate of drug-likeness (QED) is 0.249. The summed E-state index contributed by atoms with van der Waals surface area (Å²) in [4.78, 5) is 39.6. The molecule has 0 radical (unpaired) electrons. The minimum absolute atomic E-state index is 0.00727. The summed E-state index contributed by atoms with van der Waals surface area (Å²) in [7, 11) is 0. The van der Waals surface area contributed by atoms with Gasteiger partial charge in [-0.15, -0.1) is 0 Å². The molecule has 0 bridgehead atoms. The Balaban J connectivity index is 1.52. The number of alkyl halides is 3. The van der Waals surface area contributed by atoms with E-state index in [-0.39, 0.29) is 49.4 Å². The minimum atomic E-state index is -4.37. The Labute approximate surface area is 263 Å². The third-order valence-electron chi connectivity index (χ3n) is 7.94. The average Bonchev–Trinajstić information content (AvgIpc) is 3.01. The number of likely N-dealkylation sites (tertiary alicyclic amines) is 1. The summed E-state index contributed by atoms with van der Waals surface area (Å²) in [5.41, 5.74) is 0.900. The Morgan fingerprint density at radius 2 is 1.64 bits per heavy atom. The fourth-order valence-electron chi connectivity index (χ4n) is 5.36. The van der Waals surface area contributed by atoms with Gasteiger partial charge in [0.1, 0.15) is 11.6 Å². The number of benzene rings is 3. The first-order valence-electron chi connectivity index (χ1n) is 14.3. The highest BCUT2D eigenvalue weighted by Crippen LogP contribution is 2.30. The number of hydrogen-bond acceptors (Lipinski definition) is 5. The molecule has 8 nitrogen and oxygen atoms in total. The Hall–Kier alpha value is -4.40. The van der Waals surface area contributed by atoms with Crippen molar-refractivity contribution in [3.63, 3.8) is 0 Å². The standard InChI is InChI=1S/C33H32ClF3N4O4/c1-21(22-5-3-2-4-6-22)17-28(30(43)40-32(19-38)13-15-41(16-14-32)20-33(35,36)37)39-29(42)24-9-7-23(8-10-24)26-18-25(31(44)45)11-12-27(26)34/h2-12,18,21,28H,13-17,20H2,1H3,(H,39,42)(H,40,43)(H,44,45)/t21-,28-/m0/s1. The number of nitrogens with zero attached hydrogens (tertiary/aromatic N) is 2. The van der Waals surface area contributed by atoms with E-state index in [1.165, 1.54) is 35.2 Å². The van der Waals surface area contributed by atoms with Crippen molar-refractivity contribution >= 4 is 29.4 Å². The van der Waals surface area contributed by atoms with Gasteiger partial charge in [0.15, 0.2) is 0 Å². The Morgan fingerprint density at radius 1 is 1.02 bits per heavy atom. The van der Waals surface area contributed by atoms with Gasteiger partial charge in [0.2, 0.25) is 5.91 Å². The predicted octanol–water partition coefficient (Wildman–Crippen LogP) is 6.03. The number of carboxylic acids is 1. The molecule has 1 fully saturated rings. The van der Waals surface area contributed by atoms with E-state index < -0.39 is 42.1 Å². The maximum Gasteiger partial charge on any atom is 0.401 e. The highest BCUT2D eigenvalue weighted by atomic mass is 35.5. The largest absolute Gasteiger partial charge is 0.478 e. The lowest BCUT2D eigenvalue weighted by molar-refractivity contribution is -0.149. The van der Waals surface area contributed by atoms with Gasteiger partial charge in [0, 0.05) is 29.2 Å². The van der Waals surface area contributed by atoms with E-state index in [0.29, 0.717) is 16.1 Å². The Morgan fingerprint density at radius 3 is 2.22 bits per heavy atom. The van der Waals surface area contributed by atoms with Crippen molar-refractivity contribution in [2.24, 2.45) is 0 Å². The predicted molar refractivity (Wildman–Crippen MR) is 163 cm³/mol. The molecular weight excluding hydrogens is 609 g/mol. The summed E-state index contributed by atoms with van der Waals surface area (Å²) in [6.45, 7) is 0.778. The van der Waals surface area contributed by atoms with Crippen molar-refractivity contribution in [2.45, 2.75) is 49.9 Å². The van der Waals surface area contributed by atoms with E-state index in [1.54, 1.807) is 12.1 Å². The smallest absolute Gasteiger partial charge is 0.401 e. The topological polar surface area (TPSA) is 123 Å². The summed E-state index contributed by atoms with van der Waals surface area (Å²) >= 11 is 6.29. The number of carbonyl (C=O) groups is 3. The SMILES string of the molecule is C[C@@H](C[C@H](NC(=O)c1ccc(-c2cc(C(=O)O)ccc2Cl)cc1)C(=O)NC1(C#N)CCN(CC(F)(F)F)CC1)c1ccccc1. The Kier molecular flexibility index (Phi) is 10.5.